The summed E-state index contributed by atoms with van der Waals surface area (Å²) >= 11 is 1.65. The lowest BCUT2D eigenvalue weighted by Gasteiger charge is -2.20. The molecular formula is C23H38O5S. The van der Waals surface area contributed by atoms with Crippen LogP contribution >= 0.6 is 11.8 Å². The highest BCUT2D eigenvalue weighted by molar-refractivity contribution is 8.00. The lowest BCUT2D eigenvalue weighted by atomic mass is 9.91. The van der Waals surface area contributed by atoms with E-state index in [2.05, 4.69) is 11.7 Å². The largest absolute Gasteiger partial charge is 0.469 e. The van der Waals surface area contributed by atoms with Gasteiger partial charge >= 0.3 is 5.97 Å². The highest BCUT2D eigenvalue weighted by atomic mass is 32.2. The van der Waals surface area contributed by atoms with Crippen molar-refractivity contribution >= 4 is 23.5 Å². The second kappa shape index (κ2) is 15.7. The first-order valence-electron chi connectivity index (χ1n) is 10.9. The zero-order valence-corrected chi connectivity index (χ0v) is 18.7. The first-order valence-corrected chi connectivity index (χ1v) is 11.9. The van der Waals surface area contributed by atoms with Gasteiger partial charge in [0.1, 0.15) is 5.78 Å². The van der Waals surface area contributed by atoms with Crippen LogP contribution in [0.15, 0.2) is 24.3 Å². The minimum atomic E-state index is -0.463. The molecule has 5 nitrogen and oxygen atoms in total. The van der Waals surface area contributed by atoms with Gasteiger partial charge in [-0.2, -0.15) is 11.8 Å². The Balaban J connectivity index is 2.63. The van der Waals surface area contributed by atoms with Crippen LogP contribution in [0, 0.1) is 11.8 Å². The van der Waals surface area contributed by atoms with Gasteiger partial charge in [-0.1, -0.05) is 50.5 Å². The van der Waals surface area contributed by atoms with Crippen molar-refractivity contribution in [2.24, 2.45) is 11.8 Å². The fraction of sp³-hybridized carbons (Fsp3) is 0.739. The van der Waals surface area contributed by atoms with E-state index in [9.17, 15) is 14.7 Å². The van der Waals surface area contributed by atoms with Crippen molar-refractivity contribution in [3.05, 3.63) is 24.3 Å². The molecule has 0 spiro atoms. The lowest BCUT2D eigenvalue weighted by Crippen LogP contribution is -2.18. The van der Waals surface area contributed by atoms with E-state index in [4.69, 9.17) is 5.11 Å². The molecule has 0 saturated heterocycles. The van der Waals surface area contributed by atoms with E-state index in [0.29, 0.717) is 25.0 Å². The van der Waals surface area contributed by atoms with Gasteiger partial charge < -0.3 is 14.9 Å². The Labute approximate surface area is 180 Å². The molecule has 1 aliphatic carbocycles. The molecule has 0 unspecified atom stereocenters. The van der Waals surface area contributed by atoms with Crippen LogP contribution in [0.1, 0.15) is 64.7 Å². The van der Waals surface area contributed by atoms with Crippen molar-refractivity contribution in [2.75, 3.05) is 19.5 Å². The number of hydrogen-bond acceptors (Lipinski definition) is 6. The van der Waals surface area contributed by atoms with Crippen LogP contribution < -0.4 is 0 Å². The van der Waals surface area contributed by atoms with E-state index in [1.54, 1.807) is 11.8 Å². The Morgan fingerprint density at radius 2 is 2.10 bits per heavy atom. The number of aliphatic hydroxyl groups excluding tert-OH is 2. The van der Waals surface area contributed by atoms with Gasteiger partial charge in [0.15, 0.2) is 0 Å². The molecule has 29 heavy (non-hydrogen) atoms. The van der Waals surface area contributed by atoms with Gasteiger partial charge in [-0.3, -0.25) is 9.59 Å². The summed E-state index contributed by atoms with van der Waals surface area (Å²) in [5, 5.41) is 19.5. The zero-order chi connectivity index (χ0) is 21.5. The van der Waals surface area contributed by atoms with E-state index in [1.165, 1.54) is 7.11 Å². The molecule has 1 saturated carbocycles. The number of allylic oxidation sites excluding steroid dienone is 3. The number of Topliss-reactive ketones (excluding diaryl/α,β-unsaturated/α-hetero) is 1. The van der Waals surface area contributed by atoms with E-state index < -0.39 is 6.10 Å². The third kappa shape index (κ3) is 10.5. The third-order valence-corrected chi connectivity index (χ3v) is 6.66. The summed E-state index contributed by atoms with van der Waals surface area (Å²) in [6.45, 7) is 2.25. The molecule has 0 aromatic rings. The zero-order valence-electron chi connectivity index (χ0n) is 17.9. The van der Waals surface area contributed by atoms with Crippen LogP contribution in [0.4, 0.5) is 0 Å². The smallest absolute Gasteiger partial charge is 0.305 e. The molecule has 166 valence electrons. The third-order valence-electron chi connectivity index (χ3n) is 5.33. The summed E-state index contributed by atoms with van der Waals surface area (Å²) < 4.78 is 4.63. The second-order valence-corrected chi connectivity index (χ2v) is 8.96. The predicted molar refractivity (Wildman–Crippen MR) is 119 cm³/mol. The summed E-state index contributed by atoms with van der Waals surface area (Å²) in [5.41, 5.74) is 0. The number of carbonyl (C=O) groups is 2. The fourth-order valence-electron chi connectivity index (χ4n) is 3.66. The Kier molecular flexibility index (Phi) is 14.0. The molecule has 1 fully saturated rings. The van der Waals surface area contributed by atoms with Crippen LogP contribution in [0.5, 0.6) is 0 Å². The van der Waals surface area contributed by atoms with E-state index in [1.807, 2.05) is 24.3 Å². The second-order valence-electron chi connectivity index (χ2n) is 7.61. The van der Waals surface area contributed by atoms with Crippen molar-refractivity contribution in [1.29, 1.82) is 0 Å². The maximum atomic E-state index is 12.6. The van der Waals surface area contributed by atoms with Crippen LogP contribution in [0.2, 0.25) is 0 Å². The molecular weight excluding hydrogens is 388 g/mol. The quantitative estimate of drug-likeness (QED) is 0.233. The van der Waals surface area contributed by atoms with Gasteiger partial charge in [0.05, 0.1) is 19.8 Å². The highest BCUT2D eigenvalue weighted by Gasteiger charge is 2.40. The molecule has 0 aromatic carbocycles. The molecule has 4 atom stereocenters. The minimum absolute atomic E-state index is 0.0814. The van der Waals surface area contributed by atoms with Crippen LogP contribution in [0.25, 0.3) is 0 Å². The van der Waals surface area contributed by atoms with Gasteiger partial charge in [-0.05, 0) is 31.6 Å². The number of hydrogen-bond donors (Lipinski definition) is 2. The number of esters is 1. The number of unbranched alkanes of at least 4 members (excludes halogenated alkanes) is 3. The van der Waals surface area contributed by atoms with E-state index in [-0.39, 0.29) is 35.4 Å². The number of aliphatic hydroxyl groups is 2. The number of rotatable bonds is 15. The maximum absolute atomic E-state index is 12.6. The van der Waals surface area contributed by atoms with Crippen LogP contribution in [0.3, 0.4) is 0 Å². The first-order chi connectivity index (χ1) is 14.0. The number of carbonyl (C=O) groups excluding carboxylic acids is 2. The topological polar surface area (TPSA) is 83.8 Å². The van der Waals surface area contributed by atoms with E-state index in [0.717, 1.165) is 38.5 Å². The van der Waals surface area contributed by atoms with Crippen molar-refractivity contribution in [2.45, 2.75) is 76.1 Å². The summed E-state index contributed by atoms with van der Waals surface area (Å²) in [6, 6.07) is 0. The van der Waals surface area contributed by atoms with Crippen LogP contribution in [-0.2, 0) is 14.3 Å². The van der Waals surface area contributed by atoms with Gasteiger partial charge in [-0.25, -0.2) is 0 Å². The number of methoxy groups -OCH3 is 1. The maximum Gasteiger partial charge on any atom is 0.305 e. The normalized spacial score (nSPS) is 23.3. The Hall–Kier alpha value is -1.11. The minimum Gasteiger partial charge on any atom is -0.469 e. The molecule has 0 aromatic heterocycles. The van der Waals surface area contributed by atoms with E-state index >= 15 is 0 Å². The predicted octanol–water partition coefficient (Wildman–Crippen LogP) is 4.07. The summed E-state index contributed by atoms with van der Waals surface area (Å²) in [7, 11) is 1.39. The molecule has 0 radical (unpaired) electrons. The molecule has 1 aliphatic rings. The average Bonchev–Trinajstić information content (AvgIpc) is 3.01. The first kappa shape index (κ1) is 25.9. The average molecular weight is 427 g/mol. The van der Waals surface area contributed by atoms with Crippen molar-refractivity contribution in [3.63, 3.8) is 0 Å². The van der Waals surface area contributed by atoms with Gasteiger partial charge in [0, 0.05) is 29.8 Å². The van der Waals surface area contributed by atoms with Crippen molar-refractivity contribution in [3.8, 4) is 0 Å². The molecule has 0 bridgehead atoms. The van der Waals surface area contributed by atoms with Crippen LogP contribution in [-0.4, -0.2) is 52.8 Å². The standard InChI is InChI=1S/C23H38O5S/c1-3-4-7-10-18(25)13-14-20-19(21(26)17-22(20)29-16-15-24)11-8-5-6-9-12-23(27)28-2/h5,8,13-14,18-20,22,24-25H,3-4,6-7,9-12,15-17H2,1-2H3/b8-5-,14-13+/t18-,19+,20+,22-/m0/s1. The molecule has 1 rings (SSSR count). The fourth-order valence-corrected chi connectivity index (χ4v) is 4.86. The Morgan fingerprint density at radius 3 is 2.79 bits per heavy atom. The molecule has 6 heteroatoms. The highest BCUT2D eigenvalue weighted by Crippen LogP contribution is 2.40. The van der Waals surface area contributed by atoms with Crippen molar-refractivity contribution < 1.29 is 24.5 Å². The van der Waals surface area contributed by atoms with Gasteiger partial charge in [0.25, 0.3) is 0 Å². The number of ketones is 1. The number of ether oxygens (including phenoxy) is 1. The Bertz CT molecular complexity index is 531. The number of thioether (sulfide) groups is 1. The molecule has 0 amide bonds. The summed E-state index contributed by atoms with van der Waals surface area (Å²) in [4.78, 5) is 23.7. The van der Waals surface area contributed by atoms with Gasteiger partial charge in [-0.15, -0.1) is 0 Å². The summed E-state index contributed by atoms with van der Waals surface area (Å²) in [5.74, 6) is 0.685. The van der Waals surface area contributed by atoms with Crippen molar-refractivity contribution in [1.82, 2.24) is 0 Å². The molecule has 2 N–H and O–H groups in total. The summed E-state index contributed by atoms with van der Waals surface area (Å²) in [6.07, 6.45) is 14.6. The Morgan fingerprint density at radius 1 is 1.31 bits per heavy atom. The molecule has 0 aliphatic heterocycles. The SMILES string of the molecule is CCCCC[C@H](O)/C=C/[C@H]1[C@@H](SCCO)CC(=O)[C@@H]1C/C=C\CCCC(=O)OC. The van der Waals surface area contributed by atoms with Gasteiger partial charge in [0.2, 0.25) is 0 Å². The lowest BCUT2D eigenvalue weighted by molar-refractivity contribution is -0.140. The molecule has 0 heterocycles. The monoisotopic (exact) mass is 426 g/mol.